The van der Waals surface area contributed by atoms with E-state index < -0.39 is 0 Å². The van der Waals surface area contributed by atoms with Gasteiger partial charge < -0.3 is 0 Å². The average Bonchev–Trinajstić information content (AvgIpc) is 3.09. The fourth-order valence-corrected chi connectivity index (χ4v) is 0.621. The molecule has 1 aliphatic rings. The monoisotopic (exact) mass is 234 g/mol. The van der Waals surface area contributed by atoms with E-state index in [9.17, 15) is 0 Å². The maximum absolute atomic E-state index is 7.50. The Kier molecular flexibility index (Phi) is 37.8. The third-order valence-corrected chi connectivity index (χ3v) is 1.36. The number of hydrogen-bond acceptors (Lipinski definition) is 0. The van der Waals surface area contributed by atoms with Gasteiger partial charge in [0.1, 0.15) is 0 Å². The van der Waals surface area contributed by atoms with Crippen LogP contribution in [0.2, 0.25) is 0 Å². The van der Waals surface area contributed by atoms with Gasteiger partial charge in [-0.2, -0.15) is 0 Å². The molecule has 14 heavy (non-hydrogen) atoms. The van der Waals surface area contributed by atoms with Gasteiger partial charge in [-0.1, -0.05) is 24.8 Å². The summed E-state index contributed by atoms with van der Waals surface area (Å²) in [4.78, 5) is 0. The van der Waals surface area contributed by atoms with Crippen LogP contribution in [-0.4, -0.2) is 0 Å². The molecule has 1 fully saturated rings. The molecule has 0 unspecified atom stereocenters. The number of allylic oxidation sites excluding steroid dienone is 2. The van der Waals surface area contributed by atoms with E-state index in [1.807, 2.05) is 6.08 Å². The summed E-state index contributed by atoms with van der Waals surface area (Å²) in [5.41, 5.74) is 1.22. The van der Waals surface area contributed by atoms with E-state index in [2.05, 4.69) is 33.1 Å². The van der Waals surface area contributed by atoms with Crippen LogP contribution in [0.3, 0.4) is 0 Å². The molecule has 0 amide bonds. The number of hydrogen-bond donors (Lipinski definition) is 0. The van der Waals surface area contributed by atoms with Crippen molar-refractivity contribution in [3.05, 3.63) is 44.8 Å². The average molecular weight is 234 g/mol. The summed E-state index contributed by atoms with van der Waals surface area (Å²) < 4.78 is 22.5. The molecule has 0 aromatic carbocycles. The van der Waals surface area contributed by atoms with E-state index in [0.717, 1.165) is 5.92 Å². The summed E-state index contributed by atoms with van der Waals surface area (Å²) in [7, 11) is 0. The van der Waals surface area contributed by atoms with Gasteiger partial charge in [0, 0.05) is 17.1 Å². The molecule has 1 saturated carbocycles. The molecule has 0 radical (unpaired) electrons. The second-order valence-electron chi connectivity index (χ2n) is 2.05. The minimum atomic E-state index is 0. The molecule has 3 nitrogen and oxygen atoms in total. The molecular formula is C10H10FeO3. The molecule has 0 saturated heterocycles. The second kappa shape index (κ2) is 22.8. The van der Waals surface area contributed by atoms with Gasteiger partial charge in [0.05, 0.1) is 0 Å². The van der Waals surface area contributed by atoms with Crippen molar-refractivity contribution >= 4 is 0 Å². The van der Waals surface area contributed by atoms with Crippen LogP contribution in [0.1, 0.15) is 12.8 Å². The van der Waals surface area contributed by atoms with Crippen molar-refractivity contribution in [2.75, 3.05) is 0 Å². The zero-order chi connectivity index (χ0) is 11.3. The van der Waals surface area contributed by atoms with E-state index in [1.54, 1.807) is 0 Å². The summed E-state index contributed by atoms with van der Waals surface area (Å²) in [6.07, 6.45) is 4.54. The van der Waals surface area contributed by atoms with Gasteiger partial charge in [-0.25, -0.2) is 0 Å². The largest absolute Gasteiger partial charge is 0 e. The van der Waals surface area contributed by atoms with Gasteiger partial charge in [0.25, 0.3) is 0 Å². The molecule has 1 rings (SSSR count). The predicted octanol–water partition coefficient (Wildman–Crippen LogP) is 2.02. The molecule has 0 bridgehead atoms. The summed E-state index contributed by atoms with van der Waals surface area (Å²) in [5, 5.41) is 0. The first-order valence-electron chi connectivity index (χ1n) is 3.27. The Morgan fingerprint density at radius 2 is 1.36 bits per heavy atom. The van der Waals surface area contributed by atoms with Crippen molar-refractivity contribution < 1.29 is 31.0 Å². The minimum Gasteiger partial charge on any atom is 0 e. The third kappa shape index (κ3) is 17.3. The fourth-order valence-electron chi connectivity index (χ4n) is 0.621. The van der Waals surface area contributed by atoms with Gasteiger partial charge in [-0.05, 0) is 18.8 Å². The van der Waals surface area contributed by atoms with E-state index in [0.29, 0.717) is 0 Å². The van der Waals surface area contributed by atoms with E-state index >= 15 is 0 Å². The fraction of sp³-hybridized carbons (Fsp3) is 0.300. The predicted molar refractivity (Wildman–Crippen MR) is 43.8 cm³/mol. The van der Waals surface area contributed by atoms with Crippen LogP contribution in [0.5, 0.6) is 0 Å². The van der Waals surface area contributed by atoms with Crippen LogP contribution in [0, 0.1) is 25.9 Å². The van der Waals surface area contributed by atoms with Crippen molar-refractivity contribution in [1.29, 1.82) is 0 Å². The van der Waals surface area contributed by atoms with Crippen LogP contribution >= 0.6 is 0 Å². The second-order valence-corrected chi connectivity index (χ2v) is 2.05. The van der Waals surface area contributed by atoms with Crippen LogP contribution < -0.4 is 0 Å². The summed E-state index contributed by atoms with van der Waals surface area (Å²) in [6.45, 7) is 20.9. The Hall–Kier alpha value is -0.781. The minimum absolute atomic E-state index is 0. The summed E-state index contributed by atoms with van der Waals surface area (Å²) in [6, 6.07) is 0. The standard InChI is InChI=1S/C7H10.3CO.Fe/c1-3-6(2)7-4-5-7;3*1-2;/h3,7H,1-2,4-5H2;;;;. The molecular weight excluding hydrogens is 224 g/mol. The topological polar surface area (TPSA) is 59.7 Å². The first kappa shape index (κ1) is 23.2. The zero-order valence-electron chi connectivity index (χ0n) is 7.56. The summed E-state index contributed by atoms with van der Waals surface area (Å²) in [5.74, 6) is 0.803. The van der Waals surface area contributed by atoms with E-state index in [1.165, 1.54) is 18.4 Å². The zero-order valence-corrected chi connectivity index (χ0v) is 8.67. The molecule has 4 heteroatoms. The van der Waals surface area contributed by atoms with Gasteiger partial charge >= 0.3 is 33.9 Å². The first-order chi connectivity index (χ1) is 6.34. The third-order valence-electron chi connectivity index (χ3n) is 1.36. The maximum Gasteiger partial charge on any atom is 0 e. The van der Waals surface area contributed by atoms with Gasteiger partial charge in [-0.15, -0.1) is 0 Å². The van der Waals surface area contributed by atoms with Crippen molar-refractivity contribution in [2.24, 2.45) is 5.92 Å². The normalized spacial score (nSPS) is 9.86. The van der Waals surface area contributed by atoms with E-state index in [4.69, 9.17) is 14.0 Å². The molecule has 76 valence electrons. The van der Waals surface area contributed by atoms with Crippen LogP contribution in [0.15, 0.2) is 24.8 Å². The Bertz CT molecular complexity index is 185. The van der Waals surface area contributed by atoms with Crippen LogP contribution in [0.4, 0.5) is 0 Å². The van der Waals surface area contributed by atoms with Gasteiger partial charge in [0.2, 0.25) is 0 Å². The Morgan fingerprint density at radius 3 is 1.43 bits per heavy atom. The molecule has 0 heterocycles. The Labute approximate surface area is 94.9 Å². The maximum atomic E-state index is 7.50. The van der Waals surface area contributed by atoms with Crippen LogP contribution in [0.25, 0.3) is 0 Å². The van der Waals surface area contributed by atoms with Crippen molar-refractivity contribution in [3.8, 4) is 0 Å². The molecule has 0 aromatic heterocycles. The molecule has 1 aliphatic carbocycles. The van der Waals surface area contributed by atoms with Gasteiger partial charge in [-0.3, -0.25) is 0 Å². The first-order valence-corrected chi connectivity index (χ1v) is 3.27. The van der Waals surface area contributed by atoms with Crippen molar-refractivity contribution in [1.82, 2.24) is 0 Å². The van der Waals surface area contributed by atoms with Crippen molar-refractivity contribution in [3.63, 3.8) is 0 Å². The smallest absolute Gasteiger partial charge is 0 e. The number of rotatable bonds is 2. The van der Waals surface area contributed by atoms with Gasteiger partial charge in [0.15, 0.2) is 0 Å². The Morgan fingerprint density at radius 1 is 1.07 bits per heavy atom. The molecule has 0 atom stereocenters. The van der Waals surface area contributed by atoms with Crippen LogP contribution in [-0.2, 0) is 31.0 Å². The molecule has 0 spiro atoms. The molecule has 0 N–H and O–H groups in total. The summed E-state index contributed by atoms with van der Waals surface area (Å²) >= 11 is 0. The quantitative estimate of drug-likeness (QED) is 0.304. The molecule has 0 aromatic rings. The SMILES string of the molecule is C=CC(=C)C1CC1.[C-]#[O+].[C-]#[O+].[C-]#[O+].[Fe]. The van der Waals surface area contributed by atoms with E-state index in [-0.39, 0.29) is 17.1 Å². The van der Waals surface area contributed by atoms with Crippen molar-refractivity contribution in [2.45, 2.75) is 12.8 Å². The Balaban J connectivity index is -0.0000000625. The molecule has 0 aliphatic heterocycles.